The van der Waals surface area contributed by atoms with Crippen LogP contribution in [0.5, 0.6) is 11.5 Å². The number of unbranched alkanes of at least 4 members (excludes halogenated alkanes) is 12. The second kappa shape index (κ2) is 24.4. The minimum absolute atomic E-state index is 0.534. The molecule has 0 atom stereocenters. The highest BCUT2D eigenvalue weighted by Gasteiger charge is 2.17. The van der Waals surface area contributed by atoms with Crippen LogP contribution in [0.1, 0.15) is 158 Å². The molecule has 2 N–H and O–H groups in total. The van der Waals surface area contributed by atoms with Gasteiger partial charge in [-0.2, -0.15) is 0 Å². The van der Waals surface area contributed by atoms with Crippen LogP contribution in [0.3, 0.4) is 0 Å². The Kier molecular flexibility index (Phi) is 19.9. The van der Waals surface area contributed by atoms with Crippen molar-refractivity contribution in [1.82, 2.24) is 0 Å². The molecule has 0 spiro atoms. The first-order chi connectivity index (χ1) is 24.9. The molecular formula is C45H66N2O4. The third kappa shape index (κ3) is 15.1. The van der Waals surface area contributed by atoms with E-state index in [2.05, 4.69) is 50.5 Å². The van der Waals surface area contributed by atoms with Crippen LogP contribution in [0.15, 0.2) is 54.6 Å². The van der Waals surface area contributed by atoms with Gasteiger partial charge in [0, 0.05) is 11.4 Å². The van der Waals surface area contributed by atoms with Gasteiger partial charge in [0.05, 0.1) is 0 Å². The van der Waals surface area contributed by atoms with Gasteiger partial charge in [0.2, 0.25) is 0 Å². The van der Waals surface area contributed by atoms with Gasteiger partial charge in [-0.05, 0) is 110 Å². The fourth-order valence-corrected chi connectivity index (χ4v) is 6.70. The normalized spacial score (nSPS) is 11.0. The van der Waals surface area contributed by atoms with E-state index >= 15 is 0 Å². The third-order valence-corrected chi connectivity index (χ3v) is 9.75. The lowest BCUT2D eigenvalue weighted by molar-refractivity contribution is 0.213. The molecule has 0 aliphatic rings. The first-order valence-corrected chi connectivity index (χ1v) is 20.2. The average Bonchev–Trinajstić information content (AvgIpc) is 3.11. The molecule has 0 aliphatic heterocycles. The molecule has 0 saturated heterocycles. The predicted octanol–water partition coefficient (Wildman–Crippen LogP) is 13.7. The van der Waals surface area contributed by atoms with Gasteiger partial charge in [-0.25, -0.2) is 9.59 Å². The van der Waals surface area contributed by atoms with Gasteiger partial charge >= 0.3 is 12.2 Å². The van der Waals surface area contributed by atoms with E-state index in [1.165, 1.54) is 88.2 Å². The van der Waals surface area contributed by atoms with Crippen LogP contribution in [0.4, 0.5) is 21.0 Å². The van der Waals surface area contributed by atoms with Crippen LogP contribution in [0.2, 0.25) is 0 Å². The molecule has 280 valence electrons. The van der Waals surface area contributed by atoms with Crippen molar-refractivity contribution < 1.29 is 19.1 Å². The van der Waals surface area contributed by atoms with Gasteiger partial charge < -0.3 is 9.47 Å². The van der Waals surface area contributed by atoms with E-state index in [0.29, 0.717) is 22.9 Å². The Morgan fingerprint density at radius 3 is 1.39 bits per heavy atom. The highest BCUT2D eigenvalue weighted by atomic mass is 16.6. The molecule has 0 radical (unpaired) electrons. The van der Waals surface area contributed by atoms with Gasteiger partial charge in [0.15, 0.2) is 0 Å². The van der Waals surface area contributed by atoms with Gasteiger partial charge in [-0.15, -0.1) is 0 Å². The fraction of sp³-hybridized carbons (Fsp3) is 0.556. The lowest BCUT2D eigenvalue weighted by Crippen LogP contribution is -2.20. The summed E-state index contributed by atoms with van der Waals surface area (Å²) in [6.45, 7) is 10.8. The average molecular weight is 699 g/mol. The van der Waals surface area contributed by atoms with E-state index in [1.807, 2.05) is 43.3 Å². The number of rotatable bonds is 24. The Morgan fingerprint density at radius 2 is 0.941 bits per heavy atom. The number of aryl methyl sites for hydroxylation is 3. The molecule has 51 heavy (non-hydrogen) atoms. The van der Waals surface area contributed by atoms with E-state index in [0.717, 1.165) is 68.1 Å². The van der Waals surface area contributed by atoms with Crippen LogP contribution in [0, 0.1) is 6.92 Å². The quantitative estimate of drug-likeness (QED) is 0.0913. The molecule has 0 fully saturated rings. The zero-order chi connectivity index (χ0) is 36.7. The molecule has 3 rings (SSSR count). The van der Waals surface area contributed by atoms with Crippen molar-refractivity contribution in [3.05, 3.63) is 82.4 Å². The molecule has 0 bridgehead atoms. The largest absolute Gasteiger partial charge is 0.417 e. The summed E-state index contributed by atoms with van der Waals surface area (Å²) in [5.74, 6) is 1.26. The van der Waals surface area contributed by atoms with E-state index in [-0.39, 0.29) is 0 Å². The van der Waals surface area contributed by atoms with Gasteiger partial charge in [-0.1, -0.05) is 135 Å². The first kappa shape index (κ1) is 41.6. The summed E-state index contributed by atoms with van der Waals surface area (Å²) in [4.78, 5) is 26.6. The van der Waals surface area contributed by atoms with E-state index < -0.39 is 12.2 Å². The third-order valence-electron chi connectivity index (χ3n) is 9.75. The maximum atomic E-state index is 13.3. The summed E-state index contributed by atoms with van der Waals surface area (Å²) >= 11 is 0. The van der Waals surface area contributed by atoms with Gasteiger partial charge in [0.1, 0.15) is 11.5 Å². The van der Waals surface area contributed by atoms with E-state index in [9.17, 15) is 9.59 Å². The fourth-order valence-electron chi connectivity index (χ4n) is 6.70. The topological polar surface area (TPSA) is 76.7 Å². The van der Waals surface area contributed by atoms with E-state index in [4.69, 9.17) is 9.47 Å². The number of benzene rings is 3. The number of amides is 2. The van der Waals surface area contributed by atoms with Crippen molar-refractivity contribution in [1.29, 1.82) is 0 Å². The summed E-state index contributed by atoms with van der Waals surface area (Å²) in [7, 11) is 0. The summed E-state index contributed by atoms with van der Waals surface area (Å²) in [5.41, 5.74) is 6.81. The van der Waals surface area contributed by atoms with Crippen LogP contribution in [-0.2, 0) is 25.7 Å². The van der Waals surface area contributed by atoms with E-state index in [1.54, 1.807) is 6.07 Å². The number of anilines is 2. The molecule has 6 heteroatoms. The monoisotopic (exact) mass is 699 g/mol. The first-order valence-electron chi connectivity index (χ1n) is 20.2. The van der Waals surface area contributed by atoms with Crippen molar-refractivity contribution in [2.45, 2.75) is 163 Å². The van der Waals surface area contributed by atoms with Crippen molar-refractivity contribution in [3.63, 3.8) is 0 Å². The molecule has 0 aliphatic carbocycles. The number of nitrogens with one attached hydrogen (secondary N) is 2. The van der Waals surface area contributed by atoms with Crippen molar-refractivity contribution >= 4 is 23.6 Å². The second-order valence-corrected chi connectivity index (χ2v) is 14.1. The minimum atomic E-state index is -0.547. The van der Waals surface area contributed by atoms with Crippen LogP contribution < -0.4 is 20.1 Å². The predicted molar refractivity (Wildman–Crippen MR) is 215 cm³/mol. The van der Waals surface area contributed by atoms with Gasteiger partial charge in [-0.3, -0.25) is 10.6 Å². The Morgan fingerprint density at radius 1 is 0.510 bits per heavy atom. The number of hydrogen-bond donors (Lipinski definition) is 2. The molecule has 3 aromatic rings. The molecular weight excluding hydrogens is 633 g/mol. The Labute approximate surface area is 309 Å². The highest BCUT2D eigenvalue weighted by molar-refractivity contribution is 5.91. The highest BCUT2D eigenvalue weighted by Crippen LogP contribution is 2.30. The summed E-state index contributed by atoms with van der Waals surface area (Å²) in [5, 5.41) is 5.82. The molecule has 0 saturated carbocycles. The van der Waals surface area contributed by atoms with Crippen molar-refractivity contribution in [2.24, 2.45) is 0 Å². The van der Waals surface area contributed by atoms with Gasteiger partial charge in [0.25, 0.3) is 0 Å². The zero-order valence-electron chi connectivity index (χ0n) is 32.5. The molecule has 0 unspecified atom stereocenters. The Bertz CT molecular complexity index is 1470. The van der Waals surface area contributed by atoms with Crippen molar-refractivity contribution in [2.75, 3.05) is 10.6 Å². The molecule has 2 amide bonds. The molecule has 0 aromatic heterocycles. The number of hydrogen-bond acceptors (Lipinski definition) is 4. The summed E-state index contributed by atoms with van der Waals surface area (Å²) < 4.78 is 11.9. The maximum Gasteiger partial charge on any atom is 0.417 e. The van der Waals surface area contributed by atoms with Crippen LogP contribution >= 0.6 is 0 Å². The number of carbonyl (C=O) groups is 2. The maximum absolute atomic E-state index is 13.3. The SMILES string of the molecule is CCCCCCc1cccc(OC(=O)Nc2ccc(C)c(NC(=O)Oc3cccc(CCCCCC)c3CCCCCC)c2)c1CCCCCC. The van der Waals surface area contributed by atoms with Crippen LogP contribution in [-0.4, -0.2) is 12.2 Å². The lowest BCUT2D eigenvalue weighted by Gasteiger charge is -2.17. The molecule has 6 nitrogen and oxygen atoms in total. The second-order valence-electron chi connectivity index (χ2n) is 14.1. The number of carbonyl (C=O) groups excluding carboxylic acids is 2. The molecule has 3 aromatic carbocycles. The number of ether oxygens (including phenoxy) is 2. The minimum Gasteiger partial charge on any atom is -0.410 e. The Hall–Kier alpha value is -3.80. The summed E-state index contributed by atoms with van der Waals surface area (Å²) in [6.07, 6.45) is 21.5. The lowest BCUT2D eigenvalue weighted by atomic mass is 9.96. The molecule has 0 heterocycles. The van der Waals surface area contributed by atoms with Crippen LogP contribution in [0.25, 0.3) is 0 Å². The standard InChI is InChI=1S/C45H66N2O4/c1-6-10-14-18-24-36-26-22-30-42(39(36)28-20-16-12-8-3)50-44(48)46-38-33-32-35(5)41(34-38)47-45(49)51-43-31-23-27-37(25-19-15-11-7-2)40(43)29-21-17-13-9-4/h22-23,26-27,30-34H,6-21,24-25,28-29H2,1-5H3,(H,46,48)(H,47,49). The zero-order valence-corrected chi connectivity index (χ0v) is 32.5. The smallest absolute Gasteiger partial charge is 0.410 e. The van der Waals surface area contributed by atoms with Crippen molar-refractivity contribution in [3.8, 4) is 11.5 Å². The summed E-state index contributed by atoms with van der Waals surface area (Å²) in [6, 6.07) is 17.6. The Balaban J connectivity index is 1.70.